The molecule has 1 aromatic heterocycles. The predicted molar refractivity (Wildman–Crippen MR) is 112 cm³/mol. The quantitative estimate of drug-likeness (QED) is 0.544. The molecule has 1 saturated heterocycles. The lowest BCUT2D eigenvalue weighted by atomic mass is 10.2. The van der Waals surface area contributed by atoms with E-state index in [0.717, 1.165) is 11.3 Å². The van der Waals surface area contributed by atoms with E-state index < -0.39 is 0 Å². The highest BCUT2D eigenvalue weighted by molar-refractivity contribution is 8.26. The summed E-state index contributed by atoms with van der Waals surface area (Å²) in [6, 6.07) is 9.09. The number of thiocarbonyl (C=S) groups is 1. The van der Waals surface area contributed by atoms with Crippen LogP contribution in [0.1, 0.15) is 24.7 Å². The van der Waals surface area contributed by atoms with E-state index in [2.05, 4.69) is 10.5 Å². The summed E-state index contributed by atoms with van der Waals surface area (Å²) >= 11 is 6.53. The number of aromatic nitrogens is 1. The van der Waals surface area contributed by atoms with Crippen LogP contribution >= 0.6 is 24.0 Å². The molecule has 0 atom stereocenters. The van der Waals surface area contributed by atoms with Crippen LogP contribution in [0.25, 0.3) is 6.08 Å². The first kappa shape index (κ1) is 20.1. The zero-order chi connectivity index (χ0) is 20.1. The third-order valence-electron chi connectivity index (χ3n) is 3.82. The number of carbonyl (C=O) groups excluding carboxylic acids is 2. The van der Waals surface area contributed by atoms with Gasteiger partial charge >= 0.3 is 0 Å². The smallest absolute Gasteiger partial charge is 0.266 e. The molecule has 1 N–H and O–H groups in total. The first-order chi connectivity index (χ1) is 13.5. The van der Waals surface area contributed by atoms with Crippen LogP contribution in [0.4, 0.5) is 5.82 Å². The molecule has 0 spiro atoms. The molecule has 1 aliphatic rings. The second-order valence-electron chi connectivity index (χ2n) is 5.96. The number of rotatable bonds is 7. The molecule has 3 rings (SSSR count). The van der Waals surface area contributed by atoms with Crippen molar-refractivity contribution >= 4 is 52.0 Å². The van der Waals surface area contributed by atoms with Gasteiger partial charge < -0.3 is 14.6 Å². The maximum Gasteiger partial charge on any atom is 0.266 e. The van der Waals surface area contributed by atoms with Gasteiger partial charge in [-0.1, -0.05) is 41.3 Å². The summed E-state index contributed by atoms with van der Waals surface area (Å²) in [5.74, 6) is 1.27. The fraction of sp³-hybridized carbons (Fsp3) is 0.263. The van der Waals surface area contributed by atoms with Crippen LogP contribution in [-0.4, -0.2) is 39.3 Å². The molecule has 9 heteroatoms. The van der Waals surface area contributed by atoms with Gasteiger partial charge in [-0.05, 0) is 37.6 Å². The van der Waals surface area contributed by atoms with Gasteiger partial charge in [0.2, 0.25) is 5.91 Å². The van der Waals surface area contributed by atoms with Crippen LogP contribution in [0, 0.1) is 6.92 Å². The highest BCUT2D eigenvalue weighted by Crippen LogP contribution is 2.32. The van der Waals surface area contributed by atoms with Crippen molar-refractivity contribution in [2.75, 3.05) is 18.5 Å². The number of hydrogen-bond acceptors (Lipinski definition) is 7. The minimum absolute atomic E-state index is 0.106. The van der Waals surface area contributed by atoms with E-state index in [0.29, 0.717) is 27.4 Å². The summed E-state index contributed by atoms with van der Waals surface area (Å²) in [6.45, 7) is 4.46. The minimum atomic E-state index is -0.266. The van der Waals surface area contributed by atoms with E-state index in [4.69, 9.17) is 21.5 Å². The predicted octanol–water partition coefficient (Wildman–Crippen LogP) is 3.61. The SMILES string of the molecule is CCOc1ccc(C=C2SC(=S)N(CCC(=O)Nc3cc(C)on3)C2=O)cc1. The van der Waals surface area contributed by atoms with Crippen molar-refractivity contribution in [3.05, 3.63) is 46.6 Å². The highest BCUT2D eigenvalue weighted by atomic mass is 32.2. The molecular formula is C19H19N3O4S2. The number of hydrogen-bond donors (Lipinski definition) is 1. The number of anilines is 1. The number of ether oxygens (including phenoxy) is 1. The van der Waals surface area contributed by atoms with Gasteiger partial charge in [-0.25, -0.2) is 0 Å². The zero-order valence-electron chi connectivity index (χ0n) is 15.4. The standard InChI is InChI=1S/C19H19N3O4S2/c1-3-25-14-6-4-13(5-7-14)11-15-18(24)22(19(27)28-15)9-8-17(23)20-16-10-12(2)26-21-16/h4-7,10-11H,3,8-9H2,1-2H3,(H,20,21,23). The molecule has 0 aliphatic carbocycles. The van der Waals surface area contributed by atoms with E-state index in [1.807, 2.05) is 31.2 Å². The van der Waals surface area contributed by atoms with Gasteiger partial charge in [0.1, 0.15) is 15.8 Å². The monoisotopic (exact) mass is 417 g/mol. The van der Waals surface area contributed by atoms with Crippen molar-refractivity contribution in [2.24, 2.45) is 0 Å². The largest absolute Gasteiger partial charge is 0.494 e. The first-order valence-electron chi connectivity index (χ1n) is 8.67. The fourth-order valence-electron chi connectivity index (χ4n) is 2.52. The maximum absolute atomic E-state index is 12.6. The van der Waals surface area contributed by atoms with E-state index >= 15 is 0 Å². The van der Waals surface area contributed by atoms with Crippen LogP contribution in [0.2, 0.25) is 0 Å². The van der Waals surface area contributed by atoms with Gasteiger partial charge in [0.05, 0.1) is 11.5 Å². The lowest BCUT2D eigenvalue weighted by molar-refractivity contribution is -0.122. The average molecular weight is 418 g/mol. The van der Waals surface area contributed by atoms with Crippen LogP contribution in [0.3, 0.4) is 0 Å². The molecule has 0 radical (unpaired) electrons. The molecule has 1 aromatic carbocycles. The molecule has 2 heterocycles. The lowest BCUT2D eigenvalue weighted by Gasteiger charge is -2.13. The van der Waals surface area contributed by atoms with Gasteiger partial charge in [-0.3, -0.25) is 14.5 Å². The van der Waals surface area contributed by atoms with Crippen molar-refractivity contribution in [3.8, 4) is 5.75 Å². The maximum atomic E-state index is 12.6. The van der Waals surface area contributed by atoms with E-state index in [-0.39, 0.29) is 24.8 Å². The Morgan fingerprint density at radius 2 is 2.14 bits per heavy atom. The fourth-order valence-corrected chi connectivity index (χ4v) is 3.82. The Morgan fingerprint density at radius 3 is 2.79 bits per heavy atom. The highest BCUT2D eigenvalue weighted by Gasteiger charge is 2.32. The Morgan fingerprint density at radius 1 is 1.39 bits per heavy atom. The topological polar surface area (TPSA) is 84.7 Å². The number of benzene rings is 1. The zero-order valence-corrected chi connectivity index (χ0v) is 17.1. The van der Waals surface area contributed by atoms with Crippen LogP contribution in [0.15, 0.2) is 39.8 Å². The summed E-state index contributed by atoms with van der Waals surface area (Å²) < 4.78 is 10.8. The molecule has 1 fully saturated rings. The van der Waals surface area contributed by atoms with Gasteiger partial charge in [0.25, 0.3) is 5.91 Å². The number of amides is 2. The van der Waals surface area contributed by atoms with Gasteiger partial charge in [-0.2, -0.15) is 0 Å². The molecular weight excluding hydrogens is 398 g/mol. The summed E-state index contributed by atoms with van der Waals surface area (Å²) in [4.78, 5) is 26.6. The van der Waals surface area contributed by atoms with Gasteiger partial charge in [0, 0.05) is 19.0 Å². The molecule has 2 aromatic rings. The van der Waals surface area contributed by atoms with Crippen molar-refractivity contribution in [2.45, 2.75) is 20.3 Å². The second-order valence-corrected chi connectivity index (χ2v) is 7.63. The minimum Gasteiger partial charge on any atom is -0.494 e. The van der Waals surface area contributed by atoms with E-state index in [1.165, 1.54) is 16.7 Å². The lowest BCUT2D eigenvalue weighted by Crippen LogP contribution is -2.31. The van der Waals surface area contributed by atoms with Gasteiger partial charge in [-0.15, -0.1) is 0 Å². The summed E-state index contributed by atoms with van der Waals surface area (Å²) in [5.41, 5.74) is 0.878. The summed E-state index contributed by atoms with van der Waals surface area (Å²) in [7, 11) is 0. The Balaban J connectivity index is 1.58. The molecule has 0 bridgehead atoms. The molecule has 0 saturated carbocycles. The van der Waals surface area contributed by atoms with Gasteiger partial charge in [0.15, 0.2) is 5.82 Å². The van der Waals surface area contributed by atoms with Crippen molar-refractivity contribution in [1.29, 1.82) is 0 Å². The molecule has 28 heavy (non-hydrogen) atoms. The molecule has 146 valence electrons. The van der Waals surface area contributed by atoms with Crippen molar-refractivity contribution in [1.82, 2.24) is 10.1 Å². The Kier molecular flexibility index (Phi) is 6.48. The average Bonchev–Trinajstić information content (AvgIpc) is 3.18. The Hall–Kier alpha value is -2.65. The number of aryl methyl sites for hydroxylation is 1. The van der Waals surface area contributed by atoms with Crippen LogP contribution in [0.5, 0.6) is 5.75 Å². The van der Waals surface area contributed by atoms with Crippen LogP contribution < -0.4 is 10.1 Å². The normalized spacial score (nSPS) is 15.4. The third-order valence-corrected chi connectivity index (χ3v) is 5.20. The molecule has 2 amide bonds. The summed E-state index contributed by atoms with van der Waals surface area (Å²) in [5, 5.41) is 6.33. The second kappa shape index (κ2) is 9.03. The Labute approximate surface area is 172 Å². The molecule has 7 nitrogen and oxygen atoms in total. The first-order valence-corrected chi connectivity index (χ1v) is 9.90. The number of thioether (sulfide) groups is 1. The van der Waals surface area contributed by atoms with Crippen LogP contribution in [-0.2, 0) is 9.59 Å². The summed E-state index contributed by atoms with van der Waals surface area (Å²) in [6.07, 6.45) is 1.89. The number of carbonyl (C=O) groups is 2. The molecule has 0 unspecified atom stereocenters. The third kappa shape index (κ3) is 4.99. The van der Waals surface area contributed by atoms with Crippen molar-refractivity contribution < 1.29 is 18.8 Å². The number of nitrogens with one attached hydrogen (secondary N) is 1. The van der Waals surface area contributed by atoms with Crippen molar-refractivity contribution in [3.63, 3.8) is 0 Å². The van der Waals surface area contributed by atoms with E-state index in [1.54, 1.807) is 19.1 Å². The molecule has 1 aliphatic heterocycles. The van der Waals surface area contributed by atoms with E-state index in [9.17, 15) is 9.59 Å². The Bertz CT molecular complexity index is 922. The number of nitrogens with zero attached hydrogens (tertiary/aromatic N) is 2.